The van der Waals surface area contributed by atoms with Gasteiger partial charge in [0.1, 0.15) is 18.0 Å². The number of carbonyl (C=O) groups excluding carboxylic acids is 2. The molecule has 1 fully saturated rings. The number of benzene rings is 2. The summed E-state index contributed by atoms with van der Waals surface area (Å²) in [6.07, 6.45) is 11.2. The minimum Gasteiger partial charge on any atom is -1.00 e. The van der Waals surface area contributed by atoms with E-state index in [2.05, 4.69) is 19.3 Å². The van der Waals surface area contributed by atoms with Crippen molar-refractivity contribution in [2.75, 3.05) is 26.7 Å². The second-order valence-corrected chi connectivity index (χ2v) is 11.0. The average molecular weight is 619 g/mol. The van der Waals surface area contributed by atoms with Crippen LogP contribution >= 0.6 is 0 Å². The Bertz CT molecular complexity index is 987. The van der Waals surface area contributed by atoms with Gasteiger partial charge in [0, 0.05) is 36.4 Å². The van der Waals surface area contributed by atoms with Gasteiger partial charge < -0.3 is 38.5 Å². The van der Waals surface area contributed by atoms with Crippen LogP contribution in [0.3, 0.4) is 0 Å². The summed E-state index contributed by atoms with van der Waals surface area (Å²) in [6.45, 7) is 4.71. The fourth-order valence-corrected chi connectivity index (χ4v) is 5.75. The minimum absolute atomic E-state index is 0. The molecule has 2 aromatic carbocycles. The lowest BCUT2D eigenvalue weighted by Gasteiger charge is -2.40. The van der Waals surface area contributed by atoms with Gasteiger partial charge in [-0.25, -0.2) is 0 Å². The number of quaternary nitrogens is 1. The predicted octanol–water partition coefficient (Wildman–Crippen LogP) is 3.36. The number of nitrogens with zero attached hydrogens (tertiary/aromatic N) is 1. The smallest absolute Gasteiger partial charge is 0.232 e. The number of hydrogen-bond acceptors (Lipinski definition) is 3. The van der Waals surface area contributed by atoms with Crippen molar-refractivity contribution in [1.29, 1.82) is 0 Å². The van der Waals surface area contributed by atoms with Crippen LogP contribution in [0.1, 0.15) is 88.2 Å². The number of Topliss-reactive ketones (excluding diaryl/α,β-unsaturated/α-hetero) is 1. The second-order valence-electron chi connectivity index (χ2n) is 11.0. The summed E-state index contributed by atoms with van der Waals surface area (Å²) in [5, 5.41) is 3.33. The first-order valence-electron chi connectivity index (χ1n) is 14.0. The summed E-state index contributed by atoms with van der Waals surface area (Å²) in [5.41, 5.74) is 1.84. The highest BCUT2D eigenvalue weighted by Crippen LogP contribution is 2.44. The summed E-state index contributed by atoms with van der Waals surface area (Å²) in [7, 11) is 2.20. The molecule has 0 aliphatic carbocycles. The number of carbonyl (C=O) groups is 2. The largest absolute Gasteiger partial charge is 1.00 e. The van der Waals surface area contributed by atoms with Crippen molar-refractivity contribution in [2.24, 2.45) is 0 Å². The van der Waals surface area contributed by atoms with Crippen molar-refractivity contribution >= 4 is 11.7 Å². The molecule has 5 nitrogen and oxygen atoms in total. The summed E-state index contributed by atoms with van der Waals surface area (Å²) in [5.74, 6) is 1.57. The number of unbranched alkanes of at least 4 members (excludes halogenated alkanes) is 6. The molecule has 0 atom stereocenters. The normalized spacial score (nSPS) is 20.6. The van der Waals surface area contributed by atoms with Gasteiger partial charge in [0.05, 0.1) is 26.1 Å². The number of likely N-dealkylation sites (N-methyl/N-ethyl adjacent to an activating group) is 1. The highest BCUT2D eigenvalue weighted by molar-refractivity contribution is 5.89. The molecule has 0 spiro atoms. The van der Waals surface area contributed by atoms with Crippen molar-refractivity contribution in [2.45, 2.75) is 83.1 Å². The third-order valence-corrected chi connectivity index (χ3v) is 7.94. The number of piperidine rings is 1. The van der Waals surface area contributed by atoms with E-state index in [9.17, 15) is 9.59 Å². The number of amides is 1. The predicted molar refractivity (Wildman–Crippen MR) is 144 cm³/mol. The number of rotatable bonds is 12. The molecule has 2 aliphatic heterocycles. The van der Waals surface area contributed by atoms with Crippen LogP contribution in [-0.2, 0) is 9.59 Å². The maximum absolute atomic E-state index is 13.5. The highest BCUT2D eigenvalue weighted by atomic mass is 127. The first-order valence-corrected chi connectivity index (χ1v) is 14.0. The molecule has 2 aliphatic rings. The van der Waals surface area contributed by atoms with Gasteiger partial charge >= 0.3 is 0 Å². The van der Waals surface area contributed by atoms with Crippen LogP contribution in [0.4, 0.5) is 0 Å². The van der Waals surface area contributed by atoms with E-state index in [-0.39, 0.29) is 41.8 Å². The molecule has 37 heavy (non-hydrogen) atoms. The van der Waals surface area contributed by atoms with E-state index in [0.717, 1.165) is 59.5 Å². The van der Waals surface area contributed by atoms with E-state index in [1.54, 1.807) is 0 Å². The molecule has 2 aromatic rings. The number of halogens is 1. The molecule has 4 rings (SSSR count). The molecular weight excluding hydrogens is 575 g/mol. The Kier molecular flexibility index (Phi) is 11.4. The lowest BCUT2D eigenvalue weighted by atomic mass is 9.86. The summed E-state index contributed by atoms with van der Waals surface area (Å²) in [4.78, 5) is 26.2. The third kappa shape index (κ3) is 8.03. The number of hydrogen-bond donors (Lipinski definition) is 1. The van der Waals surface area contributed by atoms with Gasteiger partial charge in [-0.3, -0.25) is 9.59 Å². The van der Waals surface area contributed by atoms with Crippen molar-refractivity contribution in [3.63, 3.8) is 0 Å². The Morgan fingerprint density at radius 3 is 2.00 bits per heavy atom. The van der Waals surface area contributed by atoms with E-state index >= 15 is 0 Å². The lowest BCUT2D eigenvalue weighted by Crippen LogP contribution is -3.00. The van der Waals surface area contributed by atoms with Crippen LogP contribution < -0.4 is 34.0 Å². The maximum atomic E-state index is 13.5. The fourth-order valence-electron chi connectivity index (χ4n) is 5.75. The van der Waals surface area contributed by atoms with Gasteiger partial charge in [-0.15, -0.1) is 0 Å². The minimum atomic E-state index is -0.363. The van der Waals surface area contributed by atoms with Crippen molar-refractivity contribution in [3.8, 4) is 11.5 Å². The molecule has 2 heterocycles. The molecule has 1 N–H and O–H groups in total. The van der Waals surface area contributed by atoms with Crippen molar-refractivity contribution < 1.29 is 42.8 Å². The van der Waals surface area contributed by atoms with Crippen LogP contribution in [0.5, 0.6) is 11.5 Å². The highest BCUT2D eigenvalue weighted by Gasteiger charge is 2.36. The maximum Gasteiger partial charge on any atom is 0.232 e. The van der Waals surface area contributed by atoms with Gasteiger partial charge in [-0.1, -0.05) is 81.8 Å². The zero-order valence-corrected chi connectivity index (χ0v) is 24.7. The Labute approximate surface area is 240 Å². The van der Waals surface area contributed by atoms with Gasteiger partial charge in [0.2, 0.25) is 5.91 Å². The Morgan fingerprint density at radius 1 is 0.865 bits per heavy atom. The summed E-state index contributed by atoms with van der Waals surface area (Å²) >= 11 is 0. The van der Waals surface area contributed by atoms with Crippen LogP contribution in [0, 0.1) is 0 Å². The number of ether oxygens (including phenoxy) is 1. The Morgan fingerprint density at radius 2 is 1.41 bits per heavy atom. The average Bonchev–Trinajstić information content (AvgIpc) is 2.88. The molecule has 0 saturated carbocycles. The topological polar surface area (TPSA) is 55.4 Å². The molecule has 1 saturated heterocycles. The number of fused-ring (bicyclic) bond motifs is 2. The number of nitrogens with one attached hydrogen (secondary N) is 1. The zero-order chi connectivity index (χ0) is 25.4. The van der Waals surface area contributed by atoms with E-state index in [4.69, 9.17) is 4.74 Å². The van der Waals surface area contributed by atoms with E-state index < -0.39 is 0 Å². The first-order chi connectivity index (χ1) is 17.5. The van der Waals surface area contributed by atoms with Gasteiger partial charge in [0.15, 0.2) is 5.78 Å². The molecule has 6 heteroatoms. The quantitative estimate of drug-likeness (QED) is 0.226. The molecule has 202 valence electrons. The number of likely N-dealkylation sites (tertiary alicyclic amines) is 1. The standard InChI is InChI=1S/C31H42N2O3.HI/c1-3-4-5-6-7-8-9-14-25(34)23-33(2)21-19-24(20-22-33)32-31(35)30-26-15-10-12-17-28(26)36-29-18-13-11-16-27(29)30;/h10-13,15-18,24,30H,3-9,14,19-23H2,1-2H3;1H. The first kappa shape index (κ1) is 29.6. The van der Waals surface area contributed by atoms with Crippen LogP contribution in [0.2, 0.25) is 0 Å². The Hall–Kier alpha value is -1.93. The van der Waals surface area contributed by atoms with Crippen LogP contribution in [0.15, 0.2) is 48.5 Å². The molecule has 0 aromatic heterocycles. The lowest BCUT2D eigenvalue weighted by molar-refractivity contribution is -0.906. The summed E-state index contributed by atoms with van der Waals surface area (Å²) in [6, 6.07) is 15.8. The van der Waals surface area contributed by atoms with Gasteiger partial charge in [0.25, 0.3) is 0 Å². The third-order valence-electron chi connectivity index (χ3n) is 7.94. The van der Waals surface area contributed by atoms with E-state index in [0.29, 0.717) is 18.7 Å². The molecular formula is C31H43IN2O3. The molecule has 1 amide bonds. The zero-order valence-electron chi connectivity index (χ0n) is 22.5. The monoisotopic (exact) mass is 618 g/mol. The molecule has 0 bridgehead atoms. The van der Waals surface area contributed by atoms with E-state index in [1.807, 2.05) is 48.5 Å². The SMILES string of the molecule is CCCCCCCCCC(=O)C[N+]1(C)CCC(NC(=O)C2c3ccccc3Oc3ccccc32)CC1.[I-]. The fraction of sp³-hybridized carbons (Fsp3) is 0.548. The Balaban J connectivity index is 0.00000380. The molecule has 0 radical (unpaired) electrons. The van der Waals surface area contributed by atoms with E-state index in [1.165, 1.54) is 38.5 Å². The van der Waals surface area contributed by atoms with Gasteiger partial charge in [-0.2, -0.15) is 0 Å². The van der Waals surface area contributed by atoms with Gasteiger partial charge in [-0.05, 0) is 18.6 Å². The number of ketones is 1. The summed E-state index contributed by atoms with van der Waals surface area (Å²) < 4.78 is 6.85. The number of para-hydroxylation sites is 2. The van der Waals surface area contributed by atoms with Crippen LogP contribution in [-0.4, -0.2) is 48.9 Å². The van der Waals surface area contributed by atoms with Crippen LogP contribution in [0.25, 0.3) is 0 Å². The van der Waals surface area contributed by atoms with Crippen molar-refractivity contribution in [3.05, 3.63) is 59.7 Å². The van der Waals surface area contributed by atoms with Crippen molar-refractivity contribution in [1.82, 2.24) is 5.32 Å². The molecule has 0 unspecified atom stereocenters. The second kappa shape index (κ2) is 14.3.